The predicted molar refractivity (Wildman–Crippen MR) is 49.2 cm³/mol. The van der Waals surface area contributed by atoms with Crippen LogP contribution in [0.3, 0.4) is 0 Å². The predicted octanol–water partition coefficient (Wildman–Crippen LogP) is -2.78. The van der Waals surface area contributed by atoms with Gasteiger partial charge in [0.1, 0.15) is 13.0 Å². The fraction of sp³-hybridized carbons (Fsp3) is 0.778. The number of rotatable bonds is 5. The number of esters is 1. The van der Waals surface area contributed by atoms with Crippen LogP contribution in [0.1, 0.15) is 13.3 Å². The Hall–Kier alpha value is -0.610. The second-order valence-corrected chi connectivity index (χ2v) is 3.97. The van der Waals surface area contributed by atoms with E-state index in [0.717, 1.165) is 0 Å². The molecule has 0 aliphatic carbocycles. The Morgan fingerprint density at radius 3 is 2.07 bits per heavy atom. The average molecular weight is 224 g/mol. The van der Waals surface area contributed by atoms with Gasteiger partial charge in [0.2, 0.25) is 0 Å². The average Bonchev–Trinajstić information content (AvgIpc) is 1.81. The zero-order valence-electron chi connectivity index (χ0n) is 9.17. The molecule has 0 saturated heterocycles. The molecule has 0 rings (SSSR count). The van der Waals surface area contributed by atoms with Gasteiger partial charge in [0, 0.05) is 0 Å². The minimum Gasteiger partial charge on any atom is -1.00 e. The van der Waals surface area contributed by atoms with E-state index in [2.05, 4.69) is 4.74 Å². The summed E-state index contributed by atoms with van der Waals surface area (Å²) in [7, 11) is 5.72. The summed E-state index contributed by atoms with van der Waals surface area (Å²) < 4.78 is 5.20. The number of hydrogen-bond acceptors (Lipinski definition) is 3. The molecule has 0 aliphatic heterocycles. The SMILES string of the molecule is CCOC(=O)CC(=O)C[N+](C)(C)C.[Cl-]. The Bertz CT molecular complexity index is 199. The van der Waals surface area contributed by atoms with Gasteiger partial charge in [-0.05, 0) is 6.92 Å². The van der Waals surface area contributed by atoms with Crippen LogP contribution in [-0.4, -0.2) is 50.5 Å². The van der Waals surface area contributed by atoms with E-state index in [1.54, 1.807) is 6.92 Å². The first-order chi connectivity index (χ1) is 5.85. The van der Waals surface area contributed by atoms with E-state index in [4.69, 9.17) is 0 Å². The number of nitrogens with zero attached hydrogens (tertiary/aromatic N) is 1. The number of likely N-dealkylation sites (N-methyl/N-ethyl adjacent to an activating group) is 1. The monoisotopic (exact) mass is 223 g/mol. The van der Waals surface area contributed by atoms with Gasteiger partial charge in [-0.15, -0.1) is 0 Å². The minimum absolute atomic E-state index is 0. The molecule has 0 amide bonds. The molecule has 5 heteroatoms. The summed E-state index contributed by atoms with van der Waals surface area (Å²) in [4.78, 5) is 22.1. The maximum atomic E-state index is 11.2. The molecule has 0 unspecified atom stereocenters. The minimum atomic E-state index is -0.430. The van der Waals surface area contributed by atoms with E-state index in [1.165, 1.54) is 0 Å². The lowest BCUT2D eigenvalue weighted by Gasteiger charge is -2.22. The van der Waals surface area contributed by atoms with E-state index >= 15 is 0 Å². The van der Waals surface area contributed by atoms with Gasteiger partial charge in [-0.1, -0.05) is 0 Å². The van der Waals surface area contributed by atoms with Crippen molar-refractivity contribution in [2.75, 3.05) is 34.3 Å². The Morgan fingerprint density at radius 1 is 1.21 bits per heavy atom. The number of quaternary nitrogens is 1. The van der Waals surface area contributed by atoms with Gasteiger partial charge in [0.05, 0.1) is 27.7 Å². The van der Waals surface area contributed by atoms with Gasteiger partial charge in [-0.2, -0.15) is 0 Å². The second-order valence-electron chi connectivity index (χ2n) is 3.97. The normalized spacial score (nSPS) is 10.3. The van der Waals surface area contributed by atoms with Gasteiger partial charge in [0.15, 0.2) is 5.78 Å². The largest absolute Gasteiger partial charge is 1.00 e. The van der Waals surface area contributed by atoms with Crippen LogP contribution in [0.2, 0.25) is 0 Å². The van der Waals surface area contributed by atoms with Gasteiger partial charge < -0.3 is 21.6 Å². The molecule has 0 aromatic heterocycles. The number of carbonyl (C=O) groups is 2. The summed E-state index contributed by atoms with van der Waals surface area (Å²) in [6.07, 6.45) is -0.108. The quantitative estimate of drug-likeness (QED) is 0.288. The Labute approximate surface area is 91.2 Å². The third kappa shape index (κ3) is 9.48. The molecule has 0 saturated carbocycles. The van der Waals surface area contributed by atoms with Gasteiger partial charge in [-0.3, -0.25) is 9.59 Å². The van der Waals surface area contributed by atoms with Crippen molar-refractivity contribution in [2.24, 2.45) is 0 Å². The smallest absolute Gasteiger partial charge is 0.313 e. The van der Waals surface area contributed by atoms with Crippen LogP contribution in [0.4, 0.5) is 0 Å². The van der Waals surface area contributed by atoms with Crippen molar-refractivity contribution in [3.8, 4) is 0 Å². The summed E-state index contributed by atoms with van der Waals surface area (Å²) >= 11 is 0. The molecule has 84 valence electrons. The molecule has 0 spiro atoms. The van der Waals surface area contributed by atoms with Crippen LogP contribution in [0.25, 0.3) is 0 Å². The lowest BCUT2D eigenvalue weighted by Crippen LogP contribution is -3.00. The summed E-state index contributed by atoms with van der Waals surface area (Å²) in [5.41, 5.74) is 0. The molecule has 0 N–H and O–H groups in total. The van der Waals surface area contributed by atoms with Gasteiger partial charge in [-0.25, -0.2) is 0 Å². The zero-order chi connectivity index (χ0) is 10.5. The highest BCUT2D eigenvalue weighted by atomic mass is 35.5. The number of halogens is 1. The van der Waals surface area contributed by atoms with Crippen molar-refractivity contribution < 1.29 is 31.2 Å². The summed E-state index contributed by atoms with van der Waals surface area (Å²) in [6.45, 7) is 2.41. The first kappa shape index (κ1) is 15.8. The molecule has 4 nitrogen and oxygen atoms in total. The van der Waals surface area contributed by atoms with E-state index < -0.39 is 5.97 Å². The fourth-order valence-electron chi connectivity index (χ4n) is 0.958. The van der Waals surface area contributed by atoms with E-state index in [-0.39, 0.29) is 24.6 Å². The third-order valence-electron chi connectivity index (χ3n) is 1.30. The summed E-state index contributed by atoms with van der Waals surface area (Å²) in [6, 6.07) is 0. The topological polar surface area (TPSA) is 43.4 Å². The number of ether oxygens (including phenoxy) is 1. The second kappa shape index (κ2) is 6.79. The molecule has 0 aromatic rings. The van der Waals surface area contributed by atoms with Crippen LogP contribution in [0, 0.1) is 0 Å². The van der Waals surface area contributed by atoms with E-state index in [0.29, 0.717) is 17.6 Å². The summed E-state index contributed by atoms with van der Waals surface area (Å²) in [5, 5.41) is 0. The van der Waals surface area contributed by atoms with Gasteiger partial charge in [0.25, 0.3) is 0 Å². The Kier molecular flexibility index (Phi) is 7.68. The number of hydrogen-bond donors (Lipinski definition) is 0. The summed E-state index contributed by atoms with van der Waals surface area (Å²) in [5.74, 6) is -0.507. The van der Waals surface area contributed by atoms with Crippen LogP contribution >= 0.6 is 0 Å². The molecule has 0 aliphatic rings. The van der Waals surface area contributed by atoms with Crippen molar-refractivity contribution in [1.29, 1.82) is 0 Å². The maximum Gasteiger partial charge on any atom is 0.313 e. The van der Waals surface area contributed by atoms with Crippen LogP contribution < -0.4 is 12.4 Å². The number of ketones is 1. The standard InChI is InChI=1S/C9H18NO3.ClH/c1-5-13-9(12)6-8(11)7-10(2,3)4;/h5-7H2,1-4H3;1H/q+1;/p-1. The molecular formula is C9H18ClNO3. The highest BCUT2D eigenvalue weighted by Crippen LogP contribution is 1.95. The molecule has 0 aromatic carbocycles. The lowest BCUT2D eigenvalue weighted by molar-refractivity contribution is -0.862. The molecule has 0 heterocycles. The number of Topliss-reactive ketones (excluding diaryl/α,β-unsaturated/α-hetero) is 1. The molecule has 14 heavy (non-hydrogen) atoms. The first-order valence-corrected chi connectivity index (χ1v) is 4.33. The maximum absolute atomic E-state index is 11.2. The lowest BCUT2D eigenvalue weighted by atomic mass is 10.2. The van der Waals surface area contributed by atoms with Crippen molar-refractivity contribution in [3.63, 3.8) is 0 Å². The molecule has 0 atom stereocenters. The van der Waals surface area contributed by atoms with Crippen molar-refractivity contribution in [1.82, 2.24) is 0 Å². The first-order valence-electron chi connectivity index (χ1n) is 4.33. The third-order valence-corrected chi connectivity index (χ3v) is 1.30. The molecule has 0 bridgehead atoms. The number of carbonyl (C=O) groups excluding carboxylic acids is 2. The van der Waals surface area contributed by atoms with Crippen molar-refractivity contribution >= 4 is 11.8 Å². The zero-order valence-corrected chi connectivity index (χ0v) is 9.93. The van der Waals surface area contributed by atoms with Crippen molar-refractivity contribution in [2.45, 2.75) is 13.3 Å². The van der Waals surface area contributed by atoms with Crippen LogP contribution in [-0.2, 0) is 14.3 Å². The van der Waals surface area contributed by atoms with Crippen molar-refractivity contribution in [3.05, 3.63) is 0 Å². The van der Waals surface area contributed by atoms with Crippen LogP contribution in [0.5, 0.6) is 0 Å². The van der Waals surface area contributed by atoms with E-state index in [1.807, 2.05) is 21.1 Å². The fourth-order valence-corrected chi connectivity index (χ4v) is 0.958. The Morgan fingerprint density at radius 2 is 1.71 bits per heavy atom. The van der Waals surface area contributed by atoms with Crippen LogP contribution in [0.15, 0.2) is 0 Å². The molecule has 0 fully saturated rings. The van der Waals surface area contributed by atoms with Gasteiger partial charge >= 0.3 is 5.97 Å². The highest BCUT2D eigenvalue weighted by molar-refractivity contribution is 5.96. The molecular weight excluding hydrogens is 206 g/mol. The molecule has 0 radical (unpaired) electrons. The van der Waals surface area contributed by atoms with E-state index in [9.17, 15) is 9.59 Å². The Balaban J connectivity index is 0. The highest BCUT2D eigenvalue weighted by Gasteiger charge is 2.17.